The van der Waals surface area contributed by atoms with E-state index < -0.39 is 0 Å². The fraction of sp³-hybridized carbons (Fsp3) is 0.407. The molecule has 1 saturated carbocycles. The maximum atomic E-state index is 13.3. The third-order valence-electron chi connectivity index (χ3n) is 7.05. The Kier molecular flexibility index (Phi) is 6.26. The van der Waals surface area contributed by atoms with Gasteiger partial charge < -0.3 is 15.6 Å². The van der Waals surface area contributed by atoms with Gasteiger partial charge in [0.25, 0.3) is 5.91 Å². The lowest BCUT2D eigenvalue weighted by Gasteiger charge is -2.30. The highest BCUT2D eigenvalue weighted by molar-refractivity contribution is 6.06. The number of carbonyl (C=O) groups excluding carboxylic acids is 1. The first kappa shape index (κ1) is 21.4. The van der Waals surface area contributed by atoms with Crippen LogP contribution >= 0.6 is 0 Å². The number of hydrogen-bond donors (Lipinski definition) is 2. The lowest BCUT2D eigenvalue weighted by Crippen LogP contribution is -2.36. The van der Waals surface area contributed by atoms with Gasteiger partial charge in [0, 0.05) is 25.2 Å². The molecule has 2 N–H and O–H groups in total. The molecule has 31 heavy (non-hydrogen) atoms. The van der Waals surface area contributed by atoms with Crippen molar-refractivity contribution in [1.82, 2.24) is 10.2 Å². The van der Waals surface area contributed by atoms with Gasteiger partial charge in [0.1, 0.15) is 0 Å². The van der Waals surface area contributed by atoms with Crippen LogP contribution in [0.15, 0.2) is 42.6 Å². The Morgan fingerprint density at radius 2 is 1.84 bits per heavy atom. The SMILES string of the molecule is CN/C=C\C(=N)c1ccc(Cc2cc3c(c(C)c2C)CN(C2CCCCC2)C3=O)cc1. The van der Waals surface area contributed by atoms with E-state index in [1.807, 2.05) is 19.2 Å². The molecular weight excluding hydrogens is 382 g/mol. The van der Waals surface area contributed by atoms with Gasteiger partial charge in [0.05, 0.1) is 5.71 Å². The lowest BCUT2D eigenvalue weighted by molar-refractivity contribution is 0.0660. The van der Waals surface area contributed by atoms with Gasteiger partial charge in [-0.05, 0) is 84.8 Å². The molecule has 1 heterocycles. The van der Waals surface area contributed by atoms with Crippen molar-refractivity contribution in [2.24, 2.45) is 0 Å². The lowest BCUT2D eigenvalue weighted by atomic mass is 9.91. The van der Waals surface area contributed by atoms with E-state index in [4.69, 9.17) is 5.41 Å². The molecule has 1 amide bonds. The first-order valence-electron chi connectivity index (χ1n) is 11.4. The topological polar surface area (TPSA) is 56.2 Å². The molecule has 4 heteroatoms. The van der Waals surface area contributed by atoms with Crippen LogP contribution in [-0.2, 0) is 13.0 Å². The van der Waals surface area contributed by atoms with E-state index in [2.05, 4.69) is 42.3 Å². The van der Waals surface area contributed by atoms with Crippen molar-refractivity contribution >= 4 is 11.6 Å². The summed E-state index contributed by atoms with van der Waals surface area (Å²) >= 11 is 0. The van der Waals surface area contributed by atoms with Crippen molar-refractivity contribution in [1.29, 1.82) is 5.41 Å². The van der Waals surface area contributed by atoms with E-state index in [-0.39, 0.29) is 5.91 Å². The molecule has 2 aromatic rings. The Labute approximate surface area is 185 Å². The molecule has 4 rings (SSSR count). The standard InChI is InChI=1S/C27H33N3O/c1-18-19(2)25-17-30(23-7-5-4-6-8-23)27(31)24(25)16-22(18)15-20-9-11-21(12-10-20)26(28)13-14-29-3/h9-14,16,23,28-29H,4-8,15,17H2,1-3H3/b14-13-,28-26?. The average Bonchev–Trinajstić information content (AvgIpc) is 3.13. The number of fused-ring (bicyclic) bond motifs is 1. The first-order valence-corrected chi connectivity index (χ1v) is 11.4. The predicted molar refractivity (Wildman–Crippen MR) is 127 cm³/mol. The Hall–Kier alpha value is -2.88. The van der Waals surface area contributed by atoms with Gasteiger partial charge in [0.15, 0.2) is 0 Å². The van der Waals surface area contributed by atoms with E-state index in [1.54, 1.807) is 12.3 Å². The van der Waals surface area contributed by atoms with Gasteiger partial charge in [0.2, 0.25) is 0 Å². The first-order chi connectivity index (χ1) is 15.0. The van der Waals surface area contributed by atoms with Crippen LogP contribution in [-0.4, -0.2) is 29.6 Å². The number of hydrogen-bond acceptors (Lipinski definition) is 3. The molecule has 0 saturated heterocycles. The van der Waals surface area contributed by atoms with E-state index in [9.17, 15) is 4.79 Å². The van der Waals surface area contributed by atoms with Crippen molar-refractivity contribution in [2.75, 3.05) is 7.05 Å². The molecule has 2 aliphatic rings. The zero-order valence-electron chi connectivity index (χ0n) is 18.9. The quantitative estimate of drug-likeness (QED) is 0.630. The van der Waals surface area contributed by atoms with Gasteiger partial charge in [-0.3, -0.25) is 4.79 Å². The smallest absolute Gasteiger partial charge is 0.254 e. The number of allylic oxidation sites excluding steroid dienone is 1. The Balaban J connectivity index is 1.55. The fourth-order valence-corrected chi connectivity index (χ4v) is 4.99. The third-order valence-corrected chi connectivity index (χ3v) is 7.05. The molecule has 4 nitrogen and oxygen atoms in total. The van der Waals surface area contributed by atoms with Crippen molar-refractivity contribution in [2.45, 2.75) is 65.0 Å². The average molecular weight is 416 g/mol. The summed E-state index contributed by atoms with van der Waals surface area (Å²) in [6.45, 7) is 5.14. The van der Waals surface area contributed by atoms with E-state index in [0.717, 1.165) is 36.9 Å². The summed E-state index contributed by atoms with van der Waals surface area (Å²) in [6, 6.07) is 10.8. The van der Waals surface area contributed by atoms with Crippen LogP contribution in [0.3, 0.4) is 0 Å². The molecule has 2 aromatic carbocycles. The largest absolute Gasteiger partial charge is 0.394 e. The second-order valence-electron chi connectivity index (χ2n) is 8.95. The normalized spacial score (nSPS) is 16.7. The predicted octanol–water partition coefficient (Wildman–Crippen LogP) is 5.28. The molecule has 0 bridgehead atoms. The van der Waals surface area contributed by atoms with Crippen LogP contribution < -0.4 is 5.32 Å². The molecule has 0 unspecified atom stereocenters. The molecular formula is C27H33N3O. The Morgan fingerprint density at radius 3 is 2.52 bits per heavy atom. The minimum Gasteiger partial charge on any atom is -0.394 e. The highest BCUT2D eigenvalue weighted by Gasteiger charge is 2.35. The second-order valence-corrected chi connectivity index (χ2v) is 8.95. The monoisotopic (exact) mass is 415 g/mol. The van der Waals surface area contributed by atoms with Crippen molar-refractivity contribution in [3.05, 3.63) is 81.6 Å². The van der Waals surface area contributed by atoms with Crippen molar-refractivity contribution < 1.29 is 4.79 Å². The molecule has 0 radical (unpaired) electrons. The Morgan fingerprint density at radius 1 is 1.13 bits per heavy atom. The van der Waals surface area contributed by atoms with Gasteiger partial charge >= 0.3 is 0 Å². The van der Waals surface area contributed by atoms with Gasteiger partial charge in [-0.1, -0.05) is 43.5 Å². The van der Waals surface area contributed by atoms with Crippen LogP contribution in [0.25, 0.3) is 0 Å². The van der Waals surface area contributed by atoms with Gasteiger partial charge in [-0.25, -0.2) is 0 Å². The van der Waals surface area contributed by atoms with E-state index in [1.165, 1.54) is 47.1 Å². The van der Waals surface area contributed by atoms with Crippen LogP contribution in [0.2, 0.25) is 0 Å². The number of amides is 1. The Bertz CT molecular complexity index is 1010. The molecule has 0 aromatic heterocycles. The summed E-state index contributed by atoms with van der Waals surface area (Å²) in [5.74, 6) is 0.228. The maximum absolute atomic E-state index is 13.3. The number of rotatable bonds is 6. The zero-order chi connectivity index (χ0) is 22.0. The minimum absolute atomic E-state index is 0.228. The van der Waals surface area contributed by atoms with Crippen molar-refractivity contribution in [3.8, 4) is 0 Å². The second kappa shape index (κ2) is 9.09. The molecule has 162 valence electrons. The summed E-state index contributed by atoms with van der Waals surface area (Å²) in [4.78, 5) is 15.4. The summed E-state index contributed by atoms with van der Waals surface area (Å²) in [5, 5.41) is 11.0. The van der Waals surface area contributed by atoms with Gasteiger partial charge in [-0.2, -0.15) is 0 Å². The highest BCUT2D eigenvalue weighted by Crippen LogP contribution is 2.35. The maximum Gasteiger partial charge on any atom is 0.254 e. The molecule has 0 atom stereocenters. The van der Waals surface area contributed by atoms with Crippen LogP contribution in [0.5, 0.6) is 0 Å². The minimum atomic E-state index is 0.228. The number of nitrogens with one attached hydrogen (secondary N) is 2. The van der Waals surface area contributed by atoms with Crippen LogP contribution in [0.1, 0.15) is 75.8 Å². The summed E-state index contributed by atoms with van der Waals surface area (Å²) < 4.78 is 0. The molecule has 1 fully saturated rings. The zero-order valence-corrected chi connectivity index (χ0v) is 18.9. The number of nitrogens with zero attached hydrogens (tertiary/aromatic N) is 1. The van der Waals surface area contributed by atoms with Crippen molar-refractivity contribution in [3.63, 3.8) is 0 Å². The van der Waals surface area contributed by atoms with Crippen LogP contribution in [0, 0.1) is 19.3 Å². The van der Waals surface area contributed by atoms with E-state index in [0.29, 0.717) is 11.8 Å². The summed E-state index contributed by atoms with van der Waals surface area (Å²) in [6.07, 6.45) is 10.4. The molecule has 1 aliphatic heterocycles. The highest BCUT2D eigenvalue weighted by atomic mass is 16.2. The molecule has 1 aliphatic carbocycles. The van der Waals surface area contributed by atoms with Crippen LogP contribution in [0.4, 0.5) is 0 Å². The third kappa shape index (κ3) is 4.30. The molecule has 0 spiro atoms. The number of carbonyl (C=O) groups is 1. The summed E-state index contributed by atoms with van der Waals surface area (Å²) in [7, 11) is 1.83. The van der Waals surface area contributed by atoms with E-state index >= 15 is 0 Å². The summed E-state index contributed by atoms with van der Waals surface area (Å²) in [5.41, 5.74) is 8.53. The number of benzene rings is 2. The fourth-order valence-electron chi connectivity index (χ4n) is 4.99. The van der Waals surface area contributed by atoms with Gasteiger partial charge in [-0.15, -0.1) is 0 Å².